The maximum atomic E-state index is 4.65. The molecule has 3 rings (SSSR count). The minimum absolute atomic E-state index is 0.168. The van der Waals surface area contributed by atoms with E-state index in [1.54, 1.807) is 16.4 Å². The minimum atomic E-state index is -0.168. The van der Waals surface area contributed by atoms with E-state index in [0.29, 0.717) is 5.13 Å². The molecule has 0 spiro atoms. The van der Waals surface area contributed by atoms with E-state index in [1.165, 1.54) is 11.3 Å². The van der Waals surface area contributed by atoms with E-state index in [9.17, 15) is 0 Å². The van der Waals surface area contributed by atoms with Gasteiger partial charge in [-0.05, 0) is 19.6 Å². The van der Waals surface area contributed by atoms with Crippen molar-refractivity contribution in [2.45, 2.75) is 57.8 Å². The normalized spacial score (nSPS) is 12.7. The lowest BCUT2D eigenvalue weighted by atomic mass is 9.91. The first-order valence-electron chi connectivity index (χ1n) is 8.19. The van der Waals surface area contributed by atoms with Gasteiger partial charge in [-0.15, -0.1) is 30.2 Å². The highest BCUT2D eigenvalue weighted by Crippen LogP contribution is 2.36. The van der Waals surface area contributed by atoms with Crippen molar-refractivity contribution in [3.63, 3.8) is 0 Å². The van der Waals surface area contributed by atoms with Gasteiger partial charge in [0, 0.05) is 12.0 Å². The van der Waals surface area contributed by atoms with Gasteiger partial charge in [-0.2, -0.15) is 5.10 Å². The van der Waals surface area contributed by atoms with Crippen molar-refractivity contribution >= 4 is 39.6 Å². The number of rotatable bonds is 5. The number of fused-ring (bicyclic) bond motifs is 1. The summed E-state index contributed by atoms with van der Waals surface area (Å²) in [4.78, 5) is 0. The monoisotopic (exact) mass is 378 g/mol. The lowest BCUT2D eigenvalue weighted by molar-refractivity contribution is 0.556. The molecular weight excluding hydrogens is 356 g/mol. The molecule has 0 aromatic carbocycles. The Hall–Kier alpha value is -1.81. The number of thioether (sulfide) groups is 1. The predicted molar refractivity (Wildman–Crippen MR) is 101 cm³/mol. The number of aryl methyl sites for hydroxylation is 2. The minimum Gasteiger partial charge on any atom is -0.310 e. The lowest BCUT2D eigenvalue weighted by Crippen LogP contribution is -2.12. The van der Waals surface area contributed by atoms with Crippen LogP contribution in [0.5, 0.6) is 0 Å². The molecular formula is C15H22N8S2. The molecule has 134 valence electrons. The number of azo groups is 1. The van der Waals surface area contributed by atoms with Crippen molar-refractivity contribution in [2.75, 3.05) is 5.75 Å². The van der Waals surface area contributed by atoms with Gasteiger partial charge in [0.05, 0.1) is 5.69 Å². The molecule has 0 amide bonds. The van der Waals surface area contributed by atoms with Crippen LogP contribution < -0.4 is 0 Å². The first-order chi connectivity index (χ1) is 11.8. The standard InChI is InChI=1S/C15H22N8S2/c1-7-22-9(3)20-23-12(22)10(11(21-23)15(4,5)6)16-17-13-18-19-14(25-13)24-8-2/h7-8H2,1-6H3. The molecule has 8 nitrogen and oxygen atoms in total. The van der Waals surface area contributed by atoms with Crippen molar-refractivity contribution in [2.24, 2.45) is 10.2 Å². The zero-order valence-electron chi connectivity index (χ0n) is 15.3. The number of hydrogen-bond acceptors (Lipinski definition) is 8. The smallest absolute Gasteiger partial charge is 0.252 e. The quantitative estimate of drug-likeness (QED) is 0.481. The van der Waals surface area contributed by atoms with Crippen LogP contribution in [0.1, 0.15) is 46.1 Å². The van der Waals surface area contributed by atoms with Gasteiger partial charge in [0.15, 0.2) is 15.7 Å². The number of nitrogens with zero attached hydrogens (tertiary/aromatic N) is 8. The molecule has 0 bridgehead atoms. The number of aromatic nitrogens is 6. The van der Waals surface area contributed by atoms with Crippen LogP contribution in [-0.4, -0.2) is 35.3 Å². The molecule has 0 radical (unpaired) electrons. The third-order valence-electron chi connectivity index (χ3n) is 3.63. The van der Waals surface area contributed by atoms with E-state index in [-0.39, 0.29) is 5.41 Å². The molecule has 0 fully saturated rings. The molecule has 0 saturated heterocycles. The molecule has 0 atom stereocenters. The SMILES string of the molecule is CCSc1nnc(N=Nc2c(C(C)(C)C)nn3nc(C)n(CC)c23)s1. The van der Waals surface area contributed by atoms with E-state index < -0.39 is 0 Å². The Kier molecular flexibility index (Phi) is 4.92. The summed E-state index contributed by atoms with van der Waals surface area (Å²) in [5.41, 5.74) is 2.31. The van der Waals surface area contributed by atoms with Crippen LogP contribution >= 0.6 is 23.1 Å². The summed E-state index contributed by atoms with van der Waals surface area (Å²) in [6, 6.07) is 0. The summed E-state index contributed by atoms with van der Waals surface area (Å²) in [5, 5.41) is 26.7. The van der Waals surface area contributed by atoms with Gasteiger partial charge in [0.2, 0.25) is 0 Å². The highest BCUT2D eigenvalue weighted by Gasteiger charge is 2.27. The van der Waals surface area contributed by atoms with Gasteiger partial charge in [-0.25, -0.2) is 0 Å². The average molecular weight is 379 g/mol. The third-order valence-corrected chi connectivity index (χ3v) is 5.45. The van der Waals surface area contributed by atoms with Crippen LogP contribution in [0.2, 0.25) is 0 Å². The molecule has 0 saturated carbocycles. The van der Waals surface area contributed by atoms with Crippen molar-refractivity contribution in [1.82, 2.24) is 29.6 Å². The lowest BCUT2D eigenvalue weighted by Gasteiger charge is -2.15. The third kappa shape index (κ3) is 3.45. The van der Waals surface area contributed by atoms with E-state index in [0.717, 1.165) is 39.5 Å². The van der Waals surface area contributed by atoms with E-state index >= 15 is 0 Å². The highest BCUT2D eigenvalue weighted by atomic mass is 32.2. The predicted octanol–water partition coefficient (Wildman–Crippen LogP) is 4.54. The molecule has 0 N–H and O–H groups in total. The second kappa shape index (κ2) is 6.83. The Labute approximate surface area is 154 Å². The average Bonchev–Trinajstić information content (AvgIpc) is 3.19. The fraction of sp³-hybridized carbons (Fsp3) is 0.600. The molecule has 0 aliphatic carbocycles. The summed E-state index contributed by atoms with van der Waals surface area (Å²) in [7, 11) is 0. The maximum absolute atomic E-state index is 4.65. The van der Waals surface area contributed by atoms with Crippen LogP contribution in [0.3, 0.4) is 0 Å². The summed E-state index contributed by atoms with van der Waals surface area (Å²) in [6.45, 7) is 13.3. The summed E-state index contributed by atoms with van der Waals surface area (Å²) < 4.78 is 4.66. The van der Waals surface area contributed by atoms with Crippen molar-refractivity contribution < 1.29 is 0 Å². The Balaban J connectivity index is 2.09. The maximum Gasteiger partial charge on any atom is 0.252 e. The molecule has 3 aromatic rings. The number of hydrogen-bond donors (Lipinski definition) is 0. The summed E-state index contributed by atoms with van der Waals surface area (Å²) >= 11 is 3.10. The van der Waals surface area contributed by atoms with E-state index in [1.807, 2.05) is 6.92 Å². The fourth-order valence-electron chi connectivity index (χ4n) is 2.53. The molecule has 0 unspecified atom stereocenters. The molecule has 3 aromatic heterocycles. The van der Waals surface area contributed by atoms with Crippen molar-refractivity contribution in [3.05, 3.63) is 11.5 Å². The van der Waals surface area contributed by atoms with Gasteiger partial charge < -0.3 is 4.57 Å². The van der Waals surface area contributed by atoms with E-state index in [4.69, 9.17) is 0 Å². The van der Waals surface area contributed by atoms with Gasteiger partial charge in [0.1, 0.15) is 5.82 Å². The zero-order valence-corrected chi connectivity index (χ0v) is 16.9. The topological polar surface area (TPSA) is 85.6 Å². The summed E-state index contributed by atoms with van der Waals surface area (Å²) in [5.74, 6) is 1.86. The zero-order chi connectivity index (χ0) is 18.2. The Morgan fingerprint density at radius 3 is 2.52 bits per heavy atom. The van der Waals surface area contributed by atoms with Crippen molar-refractivity contribution in [3.8, 4) is 0 Å². The first-order valence-corrected chi connectivity index (χ1v) is 10.00. The van der Waals surface area contributed by atoms with Crippen LogP contribution in [-0.2, 0) is 12.0 Å². The van der Waals surface area contributed by atoms with Gasteiger partial charge in [-0.1, -0.05) is 50.8 Å². The Morgan fingerprint density at radius 2 is 1.88 bits per heavy atom. The largest absolute Gasteiger partial charge is 0.310 e. The van der Waals surface area contributed by atoms with Crippen LogP contribution in [0.25, 0.3) is 5.65 Å². The first kappa shape index (κ1) is 18.0. The van der Waals surface area contributed by atoms with Crippen LogP contribution in [0, 0.1) is 6.92 Å². The fourth-order valence-corrected chi connectivity index (χ4v) is 4.09. The molecule has 0 aliphatic heterocycles. The van der Waals surface area contributed by atoms with Gasteiger partial charge >= 0.3 is 0 Å². The van der Waals surface area contributed by atoms with Crippen molar-refractivity contribution in [1.29, 1.82) is 0 Å². The second-order valence-corrected chi connectivity index (χ2v) is 9.00. The summed E-state index contributed by atoms with van der Waals surface area (Å²) in [6.07, 6.45) is 0. The Morgan fingerprint density at radius 1 is 1.12 bits per heavy atom. The molecule has 3 heterocycles. The molecule has 25 heavy (non-hydrogen) atoms. The van der Waals surface area contributed by atoms with Gasteiger partial charge in [-0.3, -0.25) is 0 Å². The van der Waals surface area contributed by atoms with Crippen LogP contribution in [0.15, 0.2) is 14.6 Å². The second-order valence-electron chi connectivity index (χ2n) is 6.54. The molecule has 0 aliphatic rings. The van der Waals surface area contributed by atoms with Crippen LogP contribution in [0.4, 0.5) is 10.8 Å². The molecule has 10 heteroatoms. The Bertz CT molecular complexity index is 912. The van der Waals surface area contributed by atoms with Gasteiger partial charge in [0.25, 0.3) is 5.13 Å². The van der Waals surface area contributed by atoms with E-state index in [2.05, 4.69) is 69.8 Å². The highest BCUT2D eigenvalue weighted by molar-refractivity contribution is 8.01.